The number of hydrogen-bond acceptors (Lipinski definition) is 7. The molecule has 0 radical (unpaired) electrons. The molecule has 30 heavy (non-hydrogen) atoms. The zero-order chi connectivity index (χ0) is 20.9. The number of fused-ring (bicyclic) bond motifs is 1. The van der Waals surface area contributed by atoms with Gasteiger partial charge in [-0.2, -0.15) is 0 Å². The highest BCUT2D eigenvalue weighted by Crippen LogP contribution is 2.29. The molecular formula is C23H27N3O4. The number of rotatable bonds is 8. The summed E-state index contributed by atoms with van der Waals surface area (Å²) in [4.78, 5) is 16.2. The average molecular weight is 409 g/mol. The van der Waals surface area contributed by atoms with Crippen LogP contribution in [0, 0.1) is 0 Å². The lowest BCUT2D eigenvalue weighted by atomic mass is 10.1. The van der Waals surface area contributed by atoms with E-state index in [1.807, 2.05) is 18.2 Å². The summed E-state index contributed by atoms with van der Waals surface area (Å²) in [5.74, 6) is 2.22. The Kier molecular flexibility index (Phi) is 6.18. The lowest BCUT2D eigenvalue weighted by Gasteiger charge is -2.34. The van der Waals surface area contributed by atoms with Crippen molar-refractivity contribution in [2.24, 2.45) is 0 Å². The second-order valence-electron chi connectivity index (χ2n) is 7.45. The fourth-order valence-electron chi connectivity index (χ4n) is 3.76. The van der Waals surface area contributed by atoms with E-state index in [1.165, 1.54) is 0 Å². The number of anilines is 1. The monoisotopic (exact) mass is 409 g/mol. The van der Waals surface area contributed by atoms with Gasteiger partial charge in [-0.25, -0.2) is 0 Å². The lowest BCUT2D eigenvalue weighted by Crippen LogP contribution is -2.47. The van der Waals surface area contributed by atoms with Crippen molar-refractivity contribution >= 4 is 22.6 Å². The van der Waals surface area contributed by atoms with Gasteiger partial charge in [0.1, 0.15) is 0 Å². The lowest BCUT2D eigenvalue weighted by molar-refractivity contribution is 0.101. The minimum absolute atomic E-state index is 0.0117. The molecule has 1 saturated heterocycles. The third kappa shape index (κ3) is 4.41. The van der Waals surface area contributed by atoms with Crippen molar-refractivity contribution in [1.82, 2.24) is 10.1 Å². The van der Waals surface area contributed by atoms with Crippen molar-refractivity contribution in [2.75, 3.05) is 51.3 Å². The van der Waals surface area contributed by atoms with Crippen molar-refractivity contribution in [3.8, 4) is 11.5 Å². The quantitative estimate of drug-likeness (QED) is 0.416. The fourth-order valence-corrected chi connectivity index (χ4v) is 3.76. The van der Waals surface area contributed by atoms with Crippen molar-refractivity contribution in [3.63, 3.8) is 0 Å². The first-order valence-electron chi connectivity index (χ1n) is 10.3. The molecule has 0 unspecified atom stereocenters. The fraction of sp³-hybridized carbons (Fsp3) is 0.391. The molecule has 1 aliphatic rings. The molecule has 2 heterocycles. The predicted octanol–water partition coefficient (Wildman–Crippen LogP) is 3.63. The maximum Gasteiger partial charge on any atom is 0.180 e. The molecule has 0 saturated carbocycles. The molecular weight excluding hydrogens is 382 g/mol. The Morgan fingerprint density at radius 3 is 2.67 bits per heavy atom. The van der Waals surface area contributed by atoms with Crippen LogP contribution < -0.4 is 14.4 Å². The van der Waals surface area contributed by atoms with Gasteiger partial charge in [0.05, 0.1) is 19.1 Å². The minimum Gasteiger partial charge on any atom is -0.493 e. The largest absolute Gasteiger partial charge is 0.493 e. The normalized spacial score (nSPS) is 14.8. The first kappa shape index (κ1) is 20.2. The molecule has 7 nitrogen and oxygen atoms in total. The smallest absolute Gasteiger partial charge is 0.180 e. The number of ether oxygens (including phenoxy) is 2. The van der Waals surface area contributed by atoms with Crippen molar-refractivity contribution in [1.29, 1.82) is 0 Å². The van der Waals surface area contributed by atoms with Gasteiger partial charge in [0.15, 0.2) is 28.7 Å². The van der Waals surface area contributed by atoms with Gasteiger partial charge in [-0.3, -0.25) is 9.69 Å². The standard InChI is InChI=1S/C23H27N3O4/c1-17(27)18-8-9-21(22(16-18)28-2)29-15-5-10-25-11-13-26(14-12-25)23-19-6-3-4-7-20(19)30-24-23/h3-4,6-9,16H,5,10-15H2,1-2H3. The highest BCUT2D eigenvalue weighted by atomic mass is 16.5. The third-order valence-electron chi connectivity index (χ3n) is 5.48. The topological polar surface area (TPSA) is 68.0 Å². The van der Waals surface area contributed by atoms with E-state index in [1.54, 1.807) is 32.2 Å². The number of benzene rings is 2. The number of carbonyl (C=O) groups excluding carboxylic acids is 1. The Morgan fingerprint density at radius 2 is 1.90 bits per heavy atom. The molecule has 0 bridgehead atoms. The maximum absolute atomic E-state index is 11.5. The first-order chi connectivity index (χ1) is 14.7. The van der Waals surface area contributed by atoms with Gasteiger partial charge in [0, 0.05) is 38.3 Å². The van der Waals surface area contributed by atoms with Crippen LogP contribution in [0.1, 0.15) is 23.7 Å². The Bertz CT molecular complexity index is 1010. The van der Waals surface area contributed by atoms with Crippen molar-refractivity contribution < 1.29 is 18.8 Å². The van der Waals surface area contributed by atoms with Crippen molar-refractivity contribution in [2.45, 2.75) is 13.3 Å². The van der Waals surface area contributed by atoms with Crippen LogP contribution in [0.4, 0.5) is 5.82 Å². The number of hydrogen-bond donors (Lipinski definition) is 0. The minimum atomic E-state index is 0.0117. The number of Topliss-reactive ketones (excluding diaryl/α,β-unsaturated/α-hetero) is 1. The summed E-state index contributed by atoms with van der Waals surface area (Å²) in [5, 5.41) is 5.34. The summed E-state index contributed by atoms with van der Waals surface area (Å²) < 4.78 is 16.7. The number of nitrogens with zero attached hydrogens (tertiary/aromatic N) is 3. The van der Waals surface area contributed by atoms with E-state index < -0.39 is 0 Å². The number of aromatic nitrogens is 1. The number of piperazine rings is 1. The van der Waals surface area contributed by atoms with E-state index in [0.717, 1.165) is 55.9 Å². The van der Waals surface area contributed by atoms with Crippen LogP contribution in [0.15, 0.2) is 47.0 Å². The number of methoxy groups -OCH3 is 1. The molecule has 1 fully saturated rings. The van der Waals surface area contributed by atoms with E-state index in [-0.39, 0.29) is 5.78 Å². The molecule has 1 aromatic heterocycles. The molecule has 2 aromatic carbocycles. The van der Waals surface area contributed by atoms with E-state index in [0.29, 0.717) is 23.7 Å². The highest BCUT2D eigenvalue weighted by molar-refractivity contribution is 5.94. The van der Waals surface area contributed by atoms with Crippen LogP contribution in [0.5, 0.6) is 11.5 Å². The van der Waals surface area contributed by atoms with Crippen LogP contribution in [0.3, 0.4) is 0 Å². The third-order valence-corrected chi connectivity index (χ3v) is 5.48. The van der Waals surface area contributed by atoms with Crippen LogP contribution in [-0.2, 0) is 0 Å². The first-order valence-corrected chi connectivity index (χ1v) is 10.3. The molecule has 7 heteroatoms. The molecule has 158 valence electrons. The van der Waals surface area contributed by atoms with Gasteiger partial charge in [0.2, 0.25) is 0 Å². The molecule has 0 atom stereocenters. The van der Waals surface area contributed by atoms with Gasteiger partial charge in [-0.1, -0.05) is 17.3 Å². The number of para-hydroxylation sites is 1. The number of ketones is 1. The Labute approximate surface area is 176 Å². The summed E-state index contributed by atoms with van der Waals surface area (Å²) in [5.41, 5.74) is 1.45. The van der Waals surface area contributed by atoms with E-state index in [4.69, 9.17) is 14.0 Å². The van der Waals surface area contributed by atoms with Crippen LogP contribution in [0.25, 0.3) is 11.0 Å². The molecule has 4 rings (SSSR count). The zero-order valence-electron chi connectivity index (χ0n) is 17.5. The van der Waals surface area contributed by atoms with Crippen LogP contribution in [0.2, 0.25) is 0 Å². The highest BCUT2D eigenvalue weighted by Gasteiger charge is 2.21. The van der Waals surface area contributed by atoms with E-state index in [9.17, 15) is 4.79 Å². The van der Waals surface area contributed by atoms with Gasteiger partial charge >= 0.3 is 0 Å². The van der Waals surface area contributed by atoms with Crippen LogP contribution >= 0.6 is 0 Å². The number of carbonyl (C=O) groups is 1. The van der Waals surface area contributed by atoms with Gasteiger partial charge in [-0.05, 0) is 43.7 Å². The second-order valence-corrected chi connectivity index (χ2v) is 7.45. The maximum atomic E-state index is 11.5. The van der Waals surface area contributed by atoms with Crippen molar-refractivity contribution in [3.05, 3.63) is 48.0 Å². The molecule has 3 aromatic rings. The molecule has 0 aliphatic carbocycles. The Balaban J connectivity index is 1.23. The van der Waals surface area contributed by atoms with Gasteiger partial charge in [0.25, 0.3) is 0 Å². The van der Waals surface area contributed by atoms with E-state index >= 15 is 0 Å². The summed E-state index contributed by atoms with van der Waals surface area (Å²) in [6.07, 6.45) is 0.921. The molecule has 0 amide bonds. The summed E-state index contributed by atoms with van der Waals surface area (Å²) in [7, 11) is 1.59. The van der Waals surface area contributed by atoms with Gasteiger partial charge < -0.3 is 18.9 Å². The Morgan fingerprint density at radius 1 is 1.10 bits per heavy atom. The molecule has 1 aliphatic heterocycles. The molecule has 0 N–H and O–H groups in total. The SMILES string of the molecule is COc1cc(C(C)=O)ccc1OCCCN1CCN(c2noc3ccccc23)CC1. The predicted molar refractivity (Wildman–Crippen MR) is 116 cm³/mol. The summed E-state index contributed by atoms with van der Waals surface area (Å²) in [6, 6.07) is 13.3. The average Bonchev–Trinajstić information content (AvgIpc) is 3.21. The van der Waals surface area contributed by atoms with E-state index in [2.05, 4.69) is 21.0 Å². The Hall–Kier alpha value is -3.06. The summed E-state index contributed by atoms with van der Waals surface area (Å²) in [6.45, 7) is 6.94. The zero-order valence-corrected chi connectivity index (χ0v) is 17.5. The van der Waals surface area contributed by atoms with Crippen LogP contribution in [-0.4, -0.2) is 62.3 Å². The summed E-state index contributed by atoms with van der Waals surface area (Å²) >= 11 is 0. The van der Waals surface area contributed by atoms with Gasteiger partial charge in [-0.15, -0.1) is 0 Å². The molecule has 0 spiro atoms. The second kappa shape index (κ2) is 9.17.